The van der Waals surface area contributed by atoms with E-state index < -0.39 is 24.5 Å². The first kappa shape index (κ1) is 24.1. The van der Waals surface area contributed by atoms with Crippen LogP contribution in [-0.2, 0) is 14.3 Å². The Kier molecular flexibility index (Phi) is 7.77. The SMILES string of the molecule is CCCSC1CCN(C(=O)C(CC(=O)O)NC(=O)OCC2c3ccccc3-c3ccccc32)C1. The molecule has 0 bridgehead atoms. The summed E-state index contributed by atoms with van der Waals surface area (Å²) >= 11 is 1.83. The van der Waals surface area contributed by atoms with Gasteiger partial charge in [-0.05, 0) is 40.8 Å². The summed E-state index contributed by atoms with van der Waals surface area (Å²) < 4.78 is 5.52. The first-order valence-corrected chi connectivity index (χ1v) is 12.8. The summed E-state index contributed by atoms with van der Waals surface area (Å²) in [5.41, 5.74) is 4.41. The van der Waals surface area contributed by atoms with Gasteiger partial charge >= 0.3 is 12.1 Å². The van der Waals surface area contributed by atoms with Gasteiger partial charge in [-0.3, -0.25) is 9.59 Å². The molecule has 2 aromatic rings. The number of aliphatic carboxylic acids is 1. The molecule has 2 unspecified atom stereocenters. The Balaban J connectivity index is 1.38. The number of carboxylic acids is 1. The smallest absolute Gasteiger partial charge is 0.407 e. The number of amides is 2. The Hall–Kier alpha value is -3.00. The van der Waals surface area contributed by atoms with Crippen LogP contribution < -0.4 is 5.32 Å². The third kappa shape index (κ3) is 5.38. The van der Waals surface area contributed by atoms with E-state index in [-0.39, 0.29) is 18.4 Å². The maximum Gasteiger partial charge on any atom is 0.407 e. The molecule has 0 aromatic heterocycles. The minimum absolute atomic E-state index is 0.104. The molecule has 7 nitrogen and oxygen atoms in total. The van der Waals surface area contributed by atoms with E-state index in [1.807, 2.05) is 48.2 Å². The molecule has 8 heteroatoms. The minimum Gasteiger partial charge on any atom is -0.481 e. The quantitative estimate of drug-likeness (QED) is 0.558. The summed E-state index contributed by atoms with van der Waals surface area (Å²) in [6.45, 7) is 3.37. The van der Waals surface area contributed by atoms with Crippen LogP contribution in [0.1, 0.15) is 43.2 Å². The Morgan fingerprint density at radius 3 is 2.38 bits per heavy atom. The highest BCUT2D eigenvalue weighted by Crippen LogP contribution is 2.44. The molecular formula is C26H30N2O5S. The van der Waals surface area contributed by atoms with Gasteiger partial charge in [-0.25, -0.2) is 4.79 Å². The average molecular weight is 483 g/mol. The zero-order valence-electron chi connectivity index (χ0n) is 19.2. The van der Waals surface area contributed by atoms with Crippen LogP contribution in [0.15, 0.2) is 48.5 Å². The van der Waals surface area contributed by atoms with E-state index in [1.165, 1.54) is 0 Å². The van der Waals surface area contributed by atoms with Crippen molar-refractivity contribution in [1.29, 1.82) is 0 Å². The number of nitrogens with zero attached hydrogens (tertiary/aromatic N) is 1. The maximum atomic E-state index is 13.0. The second kappa shape index (κ2) is 11.0. The first-order chi connectivity index (χ1) is 16.5. The van der Waals surface area contributed by atoms with Gasteiger partial charge < -0.3 is 20.1 Å². The highest BCUT2D eigenvalue weighted by atomic mass is 32.2. The zero-order valence-corrected chi connectivity index (χ0v) is 20.1. The number of carbonyl (C=O) groups is 3. The van der Waals surface area contributed by atoms with E-state index in [0.717, 1.165) is 40.8 Å². The molecule has 34 heavy (non-hydrogen) atoms. The Labute approximate surface area is 203 Å². The normalized spacial score (nSPS) is 17.7. The summed E-state index contributed by atoms with van der Waals surface area (Å²) in [5, 5.41) is 12.2. The number of hydrogen-bond donors (Lipinski definition) is 2. The molecule has 1 heterocycles. The van der Waals surface area contributed by atoms with Crippen molar-refractivity contribution in [1.82, 2.24) is 10.2 Å². The molecule has 1 aliphatic heterocycles. The van der Waals surface area contributed by atoms with Crippen LogP contribution in [0.4, 0.5) is 4.79 Å². The van der Waals surface area contributed by atoms with Gasteiger partial charge in [0.15, 0.2) is 0 Å². The van der Waals surface area contributed by atoms with Gasteiger partial charge in [-0.2, -0.15) is 11.8 Å². The lowest BCUT2D eigenvalue weighted by Crippen LogP contribution is -2.49. The molecule has 1 aliphatic carbocycles. The van der Waals surface area contributed by atoms with E-state index >= 15 is 0 Å². The van der Waals surface area contributed by atoms with E-state index in [4.69, 9.17) is 4.74 Å². The second-order valence-electron chi connectivity index (χ2n) is 8.69. The van der Waals surface area contributed by atoms with Gasteiger partial charge in [0.2, 0.25) is 5.91 Å². The fraction of sp³-hybridized carbons (Fsp3) is 0.423. The summed E-state index contributed by atoms with van der Waals surface area (Å²) in [7, 11) is 0. The molecule has 180 valence electrons. The molecule has 2 aliphatic rings. The Morgan fingerprint density at radius 1 is 1.12 bits per heavy atom. The van der Waals surface area contributed by atoms with Crippen molar-refractivity contribution < 1.29 is 24.2 Å². The molecule has 1 fully saturated rings. The number of carboxylic acid groups (broad SMARTS) is 1. The number of hydrogen-bond acceptors (Lipinski definition) is 5. The van der Waals surface area contributed by atoms with Crippen LogP contribution in [0.2, 0.25) is 0 Å². The number of carbonyl (C=O) groups excluding carboxylic acids is 2. The van der Waals surface area contributed by atoms with Gasteiger partial charge in [0.05, 0.1) is 6.42 Å². The monoisotopic (exact) mass is 482 g/mol. The van der Waals surface area contributed by atoms with E-state index in [0.29, 0.717) is 18.3 Å². The Bertz CT molecular complexity index is 1010. The largest absolute Gasteiger partial charge is 0.481 e. The standard InChI is InChI=1S/C26H30N2O5S/c1-2-13-34-17-11-12-28(15-17)25(31)23(14-24(29)30)27-26(32)33-16-22-20-9-5-3-7-18(20)19-8-4-6-10-21(19)22/h3-10,17,22-23H,2,11-16H2,1H3,(H,27,32)(H,29,30). The highest BCUT2D eigenvalue weighted by Gasteiger charge is 2.34. The van der Waals surface area contributed by atoms with E-state index in [9.17, 15) is 19.5 Å². The molecule has 0 saturated carbocycles. The minimum atomic E-state index is -1.15. The third-order valence-corrected chi connectivity index (χ3v) is 7.83. The lowest BCUT2D eigenvalue weighted by atomic mass is 9.98. The predicted octanol–water partition coefficient (Wildman–Crippen LogP) is 4.11. The molecular weight excluding hydrogens is 452 g/mol. The molecule has 2 aromatic carbocycles. The van der Waals surface area contributed by atoms with Crippen LogP contribution in [0.3, 0.4) is 0 Å². The van der Waals surface area contributed by atoms with Crippen LogP contribution in [0.5, 0.6) is 0 Å². The predicted molar refractivity (Wildman–Crippen MR) is 132 cm³/mol. The first-order valence-electron chi connectivity index (χ1n) is 11.7. The summed E-state index contributed by atoms with van der Waals surface area (Å²) in [5.74, 6) is -0.589. The topological polar surface area (TPSA) is 95.9 Å². The van der Waals surface area contributed by atoms with Crippen LogP contribution in [0, 0.1) is 0 Å². The van der Waals surface area contributed by atoms with Crippen molar-refractivity contribution in [3.8, 4) is 11.1 Å². The number of fused-ring (bicyclic) bond motifs is 3. The fourth-order valence-electron chi connectivity index (χ4n) is 4.73. The van der Waals surface area contributed by atoms with Crippen LogP contribution >= 0.6 is 11.8 Å². The fourth-order valence-corrected chi connectivity index (χ4v) is 5.85. The van der Waals surface area contributed by atoms with Gasteiger partial charge in [0.25, 0.3) is 0 Å². The van der Waals surface area contributed by atoms with Gasteiger partial charge in [-0.15, -0.1) is 0 Å². The number of nitrogens with one attached hydrogen (secondary N) is 1. The number of alkyl carbamates (subject to hydrolysis) is 1. The highest BCUT2D eigenvalue weighted by molar-refractivity contribution is 7.99. The van der Waals surface area contributed by atoms with Crippen LogP contribution in [0.25, 0.3) is 11.1 Å². The number of ether oxygens (including phenoxy) is 1. The lowest BCUT2D eigenvalue weighted by molar-refractivity contribution is -0.142. The summed E-state index contributed by atoms with van der Waals surface area (Å²) in [4.78, 5) is 38.7. The number of thioether (sulfide) groups is 1. The average Bonchev–Trinajstić information content (AvgIpc) is 3.43. The van der Waals surface area contributed by atoms with Crippen molar-refractivity contribution in [2.24, 2.45) is 0 Å². The molecule has 4 rings (SSSR count). The molecule has 2 amide bonds. The molecule has 2 atom stereocenters. The number of likely N-dealkylation sites (tertiary alicyclic amines) is 1. The van der Waals surface area contributed by atoms with Crippen molar-refractivity contribution in [3.05, 3.63) is 59.7 Å². The molecule has 0 spiro atoms. The molecule has 1 saturated heterocycles. The number of benzene rings is 2. The lowest BCUT2D eigenvalue weighted by Gasteiger charge is -2.23. The second-order valence-corrected chi connectivity index (χ2v) is 10.1. The van der Waals surface area contributed by atoms with Crippen molar-refractivity contribution in [2.75, 3.05) is 25.4 Å². The van der Waals surface area contributed by atoms with Gasteiger partial charge in [-0.1, -0.05) is 55.5 Å². The van der Waals surface area contributed by atoms with Crippen molar-refractivity contribution in [3.63, 3.8) is 0 Å². The van der Waals surface area contributed by atoms with Crippen LogP contribution in [-0.4, -0.2) is 64.7 Å². The van der Waals surface area contributed by atoms with E-state index in [1.54, 1.807) is 4.90 Å². The number of rotatable bonds is 9. The van der Waals surface area contributed by atoms with Gasteiger partial charge in [0, 0.05) is 24.3 Å². The maximum absolute atomic E-state index is 13.0. The van der Waals surface area contributed by atoms with Crippen molar-refractivity contribution >= 4 is 29.7 Å². The summed E-state index contributed by atoms with van der Waals surface area (Å²) in [6, 6.07) is 14.9. The van der Waals surface area contributed by atoms with Gasteiger partial charge in [0.1, 0.15) is 12.6 Å². The van der Waals surface area contributed by atoms with E-state index in [2.05, 4.69) is 24.4 Å². The Morgan fingerprint density at radius 2 is 1.76 bits per heavy atom. The molecule has 2 N–H and O–H groups in total. The van der Waals surface area contributed by atoms with Crippen molar-refractivity contribution in [2.45, 2.75) is 43.4 Å². The molecule has 0 radical (unpaired) electrons. The summed E-state index contributed by atoms with van der Waals surface area (Å²) in [6.07, 6.45) is 0.686. The zero-order chi connectivity index (χ0) is 24.1. The third-order valence-electron chi connectivity index (χ3n) is 6.33.